The second kappa shape index (κ2) is 16.9. The Hall–Kier alpha value is -2.57. The largest absolute Gasteiger partial charge is 0.291 e. The van der Waals surface area contributed by atoms with Crippen LogP contribution in [0.25, 0.3) is 0 Å². The fourth-order valence-corrected chi connectivity index (χ4v) is 2.34. The van der Waals surface area contributed by atoms with Crippen LogP contribution in [0.5, 0.6) is 0 Å². The van der Waals surface area contributed by atoms with Gasteiger partial charge in [-0.25, -0.2) is 0 Å². The summed E-state index contributed by atoms with van der Waals surface area (Å²) in [5.74, 6) is 0. The molecule has 0 aliphatic carbocycles. The quantitative estimate of drug-likeness (QED) is 0.154. The highest BCUT2D eigenvalue weighted by atomic mass is 16.6. The molecular weight excluding hydrogens is 348 g/mol. The molecule has 27 heavy (non-hydrogen) atoms. The zero-order valence-corrected chi connectivity index (χ0v) is 16.0. The van der Waals surface area contributed by atoms with Crippen LogP contribution in [0.2, 0.25) is 0 Å². The van der Waals surface area contributed by atoms with Gasteiger partial charge in [0, 0.05) is 6.42 Å². The summed E-state index contributed by atoms with van der Waals surface area (Å²) in [4.78, 5) is 31.2. The van der Waals surface area contributed by atoms with Gasteiger partial charge < -0.3 is 0 Å². The van der Waals surface area contributed by atoms with Crippen molar-refractivity contribution in [1.29, 1.82) is 0 Å². The highest BCUT2D eigenvalue weighted by Gasteiger charge is 2.07. The lowest BCUT2D eigenvalue weighted by molar-refractivity contribution is -0.427. The van der Waals surface area contributed by atoms with Crippen molar-refractivity contribution in [1.82, 2.24) is 0 Å². The van der Waals surface area contributed by atoms with E-state index in [0.29, 0.717) is 25.7 Å². The van der Waals surface area contributed by atoms with Crippen molar-refractivity contribution in [2.24, 2.45) is 0 Å². The average Bonchev–Trinajstić information content (AvgIpc) is 2.63. The lowest BCUT2D eigenvalue weighted by Gasteiger charge is -1.97. The van der Waals surface area contributed by atoms with Crippen molar-refractivity contribution >= 4 is 6.29 Å². The minimum atomic E-state index is -0.376. The minimum absolute atomic E-state index is 0.179. The smallest absolute Gasteiger partial charge is 0.246 e. The molecule has 0 aromatic rings. The number of nitro groups is 2. The van der Waals surface area contributed by atoms with Crippen LogP contribution in [0.3, 0.4) is 0 Å². The number of nitrogens with zero attached hydrogens (tertiary/aromatic N) is 2. The van der Waals surface area contributed by atoms with Crippen LogP contribution in [-0.4, -0.2) is 16.1 Å². The normalized spacial score (nSPS) is 12.8. The van der Waals surface area contributed by atoms with E-state index in [4.69, 9.17) is 0 Å². The molecule has 0 saturated carbocycles. The Kier molecular flexibility index (Phi) is 15.3. The fraction of sp³-hybridized carbons (Fsp3) is 0.550. The number of unbranched alkanes of at least 4 members (excludes halogenated alkanes) is 5. The molecule has 7 nitrogen and oxygen atoms in total. The Bertz CT molecular complexity index is 577. The van der Waals surface area contributed by atoms with E-state index in [1.165, 1.54) is 0 Å². The van der Waals surface area contributed by atoms with E-state index in [1.807, 2.05) is 25.4 Å². The van der Waals surface area contributed by atoms with Gasteiger partial charge in [-0.1, -0.05) is 44.1 Å². The van der Waals surface area contributed by atoms with Gasteiger partial charge in [-0.15, -0.1) is 0 Å². The molecule has 0 rings (SSSR count). The molecule has 0 amide bonds. The van der Waals surface area contributed by atoms with E-state index < -0.39 is 0 Å². The molecule has 0 aliphatic heterocycles. The molecule has 0 atom stereocenters. The molecule has 0 aliphatic rings. The first-order valence-corrected chi connectivity index (χ1v) is 9.34. The van der Waals surface area contributed by atoms with Crippen LogP contribution >= 0.6 is 0 Å². The van der Waals surface area contributed by atoms with E-state index >= 15 is 0 Å². The fourth-order valence-electron chi connectivity index (χ4n) is 2.34. The zero-order chi connectivity index (χ0) is 20.3. The number of allylic oxidation sites excluding steroid dienone is 6. The third-order valence-corrected chi connectivity index (χ3v) is 3.78. The first-order valence-electron chi connectivity index (χ1n) is 9.34. The van der Waals surface area contributed by atoms with E-state index in [2.05, 4.69) is 0 Å². The van der Waals surface area contributed by atoms with Gasteiger partial charge in [0.2, 0.25) is 11.4 Å². The Balaban J connectivity index is 4.19. The summed E-state index contributed by atoms with van der Waals surface area (Å²) in [5, 5.41) is 21.8. The maximum Gasteiger partial charge on any atom is 0.246 e. The van der Waals surface area contributed by atoms with Gasteiger partial charge in [0.15, 0.2) is 6.29 Å². The average molecular weight is 377 g/mol. The molecule has 1 radical (unpaired) electrons. The van der Waals surface area contributed by atoms with Gasteiger partial charge >= 0.3 is 0 Å². The third kappa shape index (κ3) is 14.3. The number of rotatable bonds is 16. The van der Waals surface area contributed by atoms with Crippen molar-refractivity contribution in [3.05, 3.63) is 68.1 Å². The molecule has 149 valence electrons. The lowest BCUT2D eigenvalue weighted by Crippen LogP contribution is -1.97. The van der Waals surface area contributed by atoms with Gasteiger partial charge in [0.25, 0.3) is 0 Å². The first kappa shape index (κ1) is 24.4. The molecular formula is C20H29N2O5. The molecule has 0 N–H and O–H groups in total. The standard InChI is InChI=1S/C20H29N2O5/c1-2-14-19(21(24)25)15-10-7-5-8-12-17-20(22(26)27)16-11-6-3-4-9-13-18-23/h7-8,10,12,14,16H,2-6,9,11,13,15,17H2,1H3/b10-7+,12-8+,19-14-,20-16-. The maximum atomic E-state index is 11.0. The molecule has 0 aromatic carbocycles. The van der Waals surface area contributed by atoms with E-state index in [1.54, 1.807) is 24.3 Å². The Labute approximate surface area is 160 Å². The molecule has 0 saturated heterocycles. The van der Waals surface area contributed by atoms with Gasteiger partial charge in [-0.2, -0.15) is 0 Å². The number of carbonyl (C=O) groups excluding carboxylic acids is 1. The Morgan fingerprint density at radius 1 is 0.852 bits per heavy atom. The summed E-state index contributed by atoms with van der Waals surface area (Å²) >= 11 is 0. The summed E-state index contributed by atoms with van der Waals surface area (Å²) in [5.41, 5.74) is 0.360. The summed E-state index contributed by atoms with van der Waals surface area (Å²) in [6, 6.07) is 0. The molecule has 0 heterocycles. The SMILES string of the molecule is CC/C=C(/C/C=C/C/C=C/C/C(=C/CCCCCC[C]=O)[N+](=O)[O-])[N+](=O)[O-]. The number of hydrogen-bond donors (Lipinski definition) is 0. The summed E-state index contributed by atoms with van der Waals surface area (Å²) < 4.78 is 0. The van der Waals surface area contributed by atoms with E-state index in [0.717, 1.165) is 25.7 Å². The van der Waals surface area contributed by atoms with Gasteiger partial charge in [-0.05, 0) is 44.3 Å². The van der Waals surface area contributed by atoms with Crippen molar-refractivity contribution in [3.8, 4) is 0 Å². The second-order valence-corrected chi connectivity index (χ2v) is 6.00. The Morgan fingerprint density at radius 3 is 1.93 bits per heavy atom. The van der Waals surface area contributed by atoms with Crippen LogP contribution in [0, 0.1) is 20.2 Å². The lowest BCUT2D eigenvalue weighted by atomic mass is 10.1. The van der Waals surface area contributed by atoms with Crippen molar-refractivity contribution in [2.45, 2.75) is 71.1 Å². The van der Waals surface area contributed by atoms with Gasteiger partial charge in [0.1, 0.15) is 0 Å². The highest BCUT2D eigenvalue weighted by Crippen LogP contribution is 2.10. The second-order valence-electron chi connectivity index (χ2n) is 6.00. The number of hydrogen-bond acceptors (Lipinski definition) is 5. The summed E-state index contributed by atoms with van der Waals surface area (Å²) in [7, 11) is 0. The van der Waals surface area contributed by atoms with Gasteiger partial charge in [-0.3, -0.25) is 25.0 Å². The zero-order valence-electron chi connectivity index (χ0n) is 16.0. The van der Waals surface area contributed by atoms with E-state index in [-0.39, 0.29) is 34.1 Å². The predicted octanol–water partition coefficient (Wildman–Crippen LogP) is 5.45. The van der Waals surface area contributed by atoms with Crippen molar-refractivity contribution in [2.75, 3.05) is 0 Å². The molecule has 0 fully saturated rings. The molecule has 0 bridgehead atoms. The van der Waals surface area contributed by atoms with Gasteiger partial charge in [0.05, 0.1) is 22.7 Å². The van der Waals surface area contributed by atoms with Crippen LogP contribution in [0.4, 0.5) is 0 Å². The third-order valence-electron chi connectivity index (χ3n) is 3.78. The molecule has 0 spiro atoms. The van der Waals surface area contributed by atoms with Crippen LogP contribution in [0.1, 0.15) is 71.1 Å². The minimum Gasteiger partial charge on any atom is -0.291 e. The molecule has 0 unspecified atom stereocenters. The van der Waals surface area contributed by atoms with Crippen molar-refractivity contribution in [3.63, 3.8) is 0 Å². The van der Waals surface area contributed by atoms with Crippen LogP contribution in [-0.2, 0) is 4.79 Å². The molecule has 7 heteroatoms. The Morgan fingerprint density at radius 2 is 1.41 bits per heavy atom. The topological polar surface area (TPSA) is 103 Å². The molecule has 0 aromatic heterocycles. The first-order chi connectivity index (χ1) is 13.0. The van der Waals surface area contributed by atoms with Crippen LogP contribution in [0.15, 0.2) is 47.9 Å². The predicted molar refractivity (Wildman–Crippen MR) is 106 cm³/mol. The monoisotopic (exact) mass is 377 g/mol. The van der Waals surface area contributed by atoms with E-state index in [9.17, 15) is 25.0 Å². The summed E-state index contributed by atoms with van der Waals surface area (Å²) in [6.07, 6.45) is 18.6. The highest BCUT2D eigenvalue weighted by molar-refractivity contribution is 5.50. The van der Waals surface area contributed by atoms with Crippen molar-refractivity contribution < 1.29 is 14.6 Å². The maximum absolute atomic E-state index is 11.0. The summed E-state index contributed by atoms with van der Waals surface area (Å²) in [6.45, 7) is 1.85. The van der Waals surface area contributed by atoms with Crippen LogP contribution < -0.4 is 0 Å².